The Morgan fingerprint density at radius 1 is 0.581 bits per heavy atom. The summed E-state index contributed by atoms with van der Waals surface area (Å²) < 4.78 is 74.0. The van der Waals surface area contributed by atoms with Gasteiger partial charge in [-0.05, 0) is 43.4 Å². The number of ether oxygens (including phenoxy) is 8. The van der Waals surface area contributed by atoms with Crippen molar-refractivity contribution in [3.63, 3.8) is 0 Å². The van der Waals surface area contributed by atoms with E-state index in [0.29, 0.717) is 0 Å². The van der Waals surface area contributed by atoms with E-state index in [1.165, 1.54) is 20.8 Å². The first-order chi connectivity index (χ1) is 28.9. The number of esters is 3. The van der Waals surface area contributed by atoms with E-state index in [4.69, 9.17) is 91.7 Å². The smallest absolute Gasteiger partial charge is 0.457 e. The van der Waals surface area contributed by atoms with Crippen LogP contribution < -0.4 is 0 Å². The van der Waals surface area contributed by atoms with Crippen LogP contribution in [0.15, 0.2) is 0 Å². The maximum atomic E-state index is 13.2. The van der Waals surface area contributed by atoms with E-state index in [9.17, 15) is 18.9 Å². The monoisotopic (exact) mass is 967 g/mol. The molecule has 1 N–H and O–H groups in total. The Labute approximate surface area is 384 Å². The number of carbonyl (C=O) groups excluding carboxylic acids is 3. The van der Waals surface area contributed by atoms with Gasteiger partial charge in [-0.15, -0.1) is 0 Å². The van der Waals surface area contributed by atoms with Crippen LogP contribution in [0.25, 0.3) is 0 Å². The SMILES string of the molecule is CCC1O[C@H](OCC2O[C@H](OC(=N)C(Cl)(Cl)Cl)C(OC(C)=O)[C@@H](C)[C@@H]2C)C(OC(C)=O)[C@@H](C)[C@@H]1C.CCCCOP(=O)(OCCCC)O[C@H]1OC(CC)[C@@H](C)[C@H](C)C1OC(C)=O. The highest BCUT2D eigenvalue weighted by Crippen LogP contribution is 2.53. The van der Waals surface area contributed by atoms with E-state index in [2.05, 4.69) is 13.8 Å². The zero-order valence-corrected chi connectivity index (χ0v) is 41.9. The van der Waals surface area contributed by atoms with Crippen molar-refractivity contribution in [2.24, 2.45) is 35.5 Å². The van der Waals surface area contributed by atoms with Crippen LogP contribution in [0, 0.1) is 40.9 Å². The van der Waals surface area contributed by atoms with Crippen molar-refractivity contribution in [1.29, 1.82) is 5.41 Å². The molecule has 0 bridgehead atoms. The molecule has 0 radical (unpaired) electrons. The number of phosphoric ester groups is 1. The van der Waals surface area contributed by atoms with Crippen LogP contribution in [0.3, 0.4) is 0 Å². The minimum atomic E-state index is -3.83. The fourth-order valence-corrected chi connectivity index (χ4v) is 8.98. The molecular weight excluding hydrogens is 896 g/mol. The van der Waals surface area contributed by atoms with Crippen LogP contribution in [-0.4, -0.2) is 103 Å². The highest BCUT2D eigenvalue weighted by atomic mass is 35.6. The quantitative estimate of drug-likeness (QED) is 0.0244. The predicted octanol–water partition coefficient (Wildman–Crippen LogP) is 9.72. The normalized spacial score (nSPS) is 34.0. The topological polar surface area (TPSA) is 194 Å². The number of halogens is 3. The first-order valence-electron chi connectivity index (χ1n) is 21.9. The molecule has 0 amide bonds. The number of hydrogen-bond donors (Lipinski definition) is 1. The highest BCUT2D eigenvalue weighted by Gasteiger charge is 2.50. The van der Waals surface area contributed by atoms with Crippen LogP contribution in [0.5, 0.6) is 0 Å². The summed E-state index contributed by atoms with van der Waals surface area (Å²) in [5.74, 6) is -2.09. The van der Waals surface area contributed by atoms with Gasteiger partial charge in [-0.25, -0.2) is 4.57 Å². The van der Waals surface area contributed by atoms with Gasteiger partial charge in [0.15, 0.2) is 24.6 Å². The van der Waals surface area contributed by atoms with E-state index in [-0.39, 0.29) is 67.5 Å². The van der Waals surface area contributed by atoms with Gasteiger partial charge in [-0.2, -0.15) is 0 Å². The highest BCUT2D eigenvalue weighted by molar-refractivity contribution is 7.48. The van der Waals surface area contributed by atoms with Gasteiger partial charge < -0.3 is 37.9 Å². The van der Waals surface area contributed by atoms with Gasteiger partial charge in [0.1, 0.15) is 0 Å². The van der Waals surface area contributed by atoms with E-state index in [1.54, 1.807) is 0 Å². The molecule has 0 aromatic heterocycles. The van der Waals surface area contributed by atoms with Gasteiger partial charge in [0.2, 0.25) is 18.5 Å². The molecule has 3 aliphatic rings. The molecule has 3 heterocycles. The lowest BCUT2D eigenvalue weighted by Crippen LogP contribution is -2.56. The lowest BCUT2D eigenvalue weighted by atomic mass is 9.82. The second kappa shape index (κ2) is 26.7. The van der Waals surface area contributed by atoms with Gasteiger partial charge in [0, 0.05) is 38.5 Å². The zero-order valence-electron chi connectivity index (χ0n) is 38.7. The minimum Gasteiger partial charge on any atom is -0.457 e. The first kappa shape index (κ1) is 56.8. The minimum absolute atomic E-state index is 0.0143. The molecule has 0 aromatic rings. The fraction of sp³-hybridized carbons (Fsp3) is 0.905. The molecule has 3 aliphatic heterocycles. The molecule has 15 atom stereocenters. The summed E-state index contributed by atoms with van der Waals surface area (Å²) in [5.41, 5.74) is 0. The maximum absolute atomic E-state index is 13.2. The van der Waals surface area contributed by atoms with E-state index >= 15 is 0 Å². The third-order valence-corrected chi connectivity index (χ3v) is 13.9. The van der Waals surface area contributed by atoms with Crippen LogP contribution in [-0.2, 0) is 70.4 Å². The van der Waals surface area contributed by atoms with Crippen molar-refractivity contribution in [2.75, 3.05) is 19.8 Å². The van der Waals surface area contributed by atoms with Gasteiger partial charge in [0.05, 0.1) is 38.1 Å². The molecule has 3 fully saturated rings. The summed E-state index contributed by atoms with van der Waals surface area (Å²) in [4.78, 5) is 35.0. The molecule has 0 aliphatic carbocycles. The molecule has 362 valence electrons. The molecule has 0 spiro atoms. The Kier molecular flexibility index (Phi) is 24.5. The summed E-state index contributed by atoms with van der Waals surface area (Å²) in [6, 6.07) is 0. The summed E-state index contributed by atoms with van der Waals surface area (Å²) in [7, 11) is -3.83. The van der Waals surface area contributed by atoms with Crippen molar-refractivity contribution >= 4 is 66.4 Å². The van der Waals surface area contributed by atoms with Gasteiger partial charge in [-0.3, -0.25) is 33.4 Å². The molecule has 3 rings (SSSR count). The molecule has 3 saturated heterocycles. The van der Waals surface area contributed by atoms with Crippen molar-refractivity contribution in [1.82, 2.24) is 0 Å². The largest absolute Gasteiger partial charge is 0.477 e. The number of nitrogens with one attached hydrogen (secondary N) is 1. The predicted molar refractivity (Wildman–Crippen MR) is 234 cm³/mol. The molecular formula is C42H73Cl3NO15P. The number of alkyl halides is 3. The standard InChI is InChI=1S/C23H36Cl3NO8.C19H37O7P/c1-8-16-10(2)12(4)18(31-14(6)28)20(33-16)30-9-17-11(3)13(5)19(32-15(7)29)21(34-17)35-22(27)23(24,25)26;1-7-10-12-22-27(21,23-13-11-8-2)26-19-18(24-16(6)20)15(5)14(4)17(9-3)25-19/h10-13,16-21,27H,8-9H2,1-7H3;14-15,17-19H,7-13H2,1-6H3/t10-,11-,12-,13-,16?,17?,18?,19?,20-,21+;14-,15-,17?,18?,19+/m00/s1. The van der Waals surface area contributed by atoms with E-state index in [0.717, 1.165) is 38.5 Å². The van der Waals surface area contributed by atoms with Crippen LogP contribution >= 0.6 is 42.6 Å². The number of phosphoric acid groups is 1. The first-order valence-corrected chi connectivity index (χ1v) is 24.5. The van der Waals surface area contributed by atoms with Crippen LogP contribution in [0.1, 0.15) is 129 Å². The van der Waals surface area contributed by atoms with Gasteiger partial charge in [0.25, 0.3) is 3.79 Å². The molecule has 0 saturated carbocycles. The Morgan fingerprint density at radius 3 is 1.34 bits per heavy atom. The summed E-state index contributed by atoms with van der Waals surface area (Å²) in [6.07, 6.45) is -0.892. The van der Waals surface area contributed by atoms with Gasteiger partial charge in [-0.1, -0.05) is 117 Å². The summed E-state index contributed by atoms with van der Waals surface area (Å²) in [6.45, 7) is 24.6. The molecule has 62 heavy (non-hydrogen) atoms. The van der Waals surface area contributed by atoms with Crippen LogP contribution in [0.4, 0.5) is 0 Å². The van der Waals surface area contributed by atoms with E-state index in [1.807, 2.05) is 55.4 Å². The third kappa shape index (κ3) is 17.2. The zero-order chi connectivity index (χ0) is 47.1. The molecule has 20 heteroatoms. The fourth-order valence-electron chi connectivity index (χ4n) is 7.52. The molecule has 16 nitrogen and oxygen atoms in total. The van der Waals surface area contributed by atoms with Gasteiger partial charge >= 0.3 is 25.7 Å². The van der Waals surface area contributed by atoms with Crippen molar-refractivity contribution in [2.45, 2.75) is 188 Å². The average molecular weight is 969 g/mol. The number of rotatable bonds is 19. The maximum Gasteiger partial charge on any atom is 0.477 e. The Bertz CT molecular complexity index is 1440. The lowest BCUT2D eigenvalue weighted by molar-refractivity contribution is -0.301. The Hall–Kier alpha value is -1.30. The van der Waals surface area contributed by atoms with Crippen molar-refractivity contribution in [3.8, 4) is 0 Å². The Balaban J connectivity index is 0.000000442. The third-order valence-electron chi connectivity index (χ3n) is 11.9. The number of hydrogen-bond acceptors (Lipinski definition) is 16. The Morgan fingerprint density at radius 2 is 0.952 bits per heavy atom. The summed E-state index contributed by atoms with van der Waals surface area (Å²) in [5, 5.41) is 7.93. The lowest BCUT2D eigenvalue weighted by Gasteiger charge is -2.46. The van der Waals surface area contributed by atoms with Crippen molar-refractivity contribution < 1.29 is 70.4 Å². The van der Waals surface area contributed by atoms with Crippen molar-refractivity contribution in [3.05, 3.63) is 0 Å². The van der Waals surface area contributed by atoms with Crippen LogP contribution in [0.2, 0.25) is 0 Å². The molecule has 6 unspecified atom stereocenters. The second-order valence-electron chi connectivity index (χ2n) is 16.5. The second-order valence-corrected chi connectivity index (χ2v) is 20.4. The van der Waals surface area contributed by atoms with E-state index < -0.39 is 78.7 Å². The number of carbonyl (C=O) groups is 3. The molecule has 0 aromatic carbocycles. The average Bonchev–Trinajstić information content (AvgIpc) is 3.19. The number of unbranched alkanes of at least 4 members (excludes halogenated alkanes) is 2. The summed E-state index contributed by atoms with van der Waals surface area (Å²) >= 11 is 17.3.